The number of aliphatic hydroxyl groups is 1. The molecule has 16 heavy (non-hydrogen) atoms. The number of unbranched alkanes of at least 4 members (excludes halogenated alkanes) is 2. The largest absolute Gasteiger partial charge is 0.388 e. The van der Waals surface area contributed by atoms with Crippen LogP contribution in [0, 0.1) is 0 Å². The Morgan fingerprint density at radius 1 is 1.38 bits per heavy atom. The summed E-state index contributed by atoms with van der Waals surface area (Å²) in [6.45, 7) is 2.17. The summed E-state index contributed by atoms with van der Waals surface area (Å²) in [6.07, 6.45) is 7.54. The highest BCUT2D eigenvalue weighted by Gasteiger charge is 2.12. The van der Waals surface area contributed by atoms with Crippen molar-refractivity contribution in [3.63, 3.8) is 0 Å². The van der Waals surface area contributed by atoms with Gasteiger partial charge in [0.15, 0.2) is 0 Å². The highest BCUT2D eigenvalue weighted by atomic mass is 16.3. The van der Waals surface area contributed by atoms with Crippen LogP contribution in [0.3, 0.4) is 0 Å². The van der Waals surface area contributed by atoms with E-state index in [1.807, 2.05) is 24.4 Å². The van der Waals surface area contributed by atoms with Crippen molar-refractivity contribution in [2.24, 2.45) is 0 Å². The molecule has 0 spiro atoms. The third-order valence-corrected chi connectivity index (χ3v) is 2.90. The standard InChI is InChI=1S/C13H18N2O/c1-2-3-4-8-13(16)11-10-14-15-9-6-5-7-12(11)15/h5-7,9-10,13,16H,2-4,8H2,1H3. The van der Waals surface area contributed by atoms with Gasteiger partial charge in [0.25, 0.3) is 0 Å². The van der Waals surface area contributed by atoms with E-state index in [9.17, 15) is 5.11 Å². The molecule has 3 nitrogen and oxygen atoms in total. The summed E-state index contributed by atoms with van der Waals surface area (Å²) in [5.74, 6) is 0. The van der Waals surface area contributed by atoms with E-state index in [1.165, 1.54) is 12.8 Å². The van der Waals surface area contributed by atoms with Crippen LogP contribution in [0.2, 0.25) is 0 Å². The molecule has 0 saturated heterocycles. The van der Waals surface area contributed by atoms with Gasteiger partial charge in [-0.05, 0) is 18.6 Å². The van der Waals surface area contributed by atoms with Gasteiger partial charge in [0.2, 0.25) is 0 Å². The van der Waals surface area contributed by atoms with Crippen molar-refractivity contribution in [1.29, 1.82) is 0 Å². The zero-order valence-electron chi connectivity index (χ0n) is 9.63. The van der Waals surface area contributed by atoms with Gasteiger partial charge < -0.3 is 5.11 Å². The third kappa shape index (κ3) is 2.25. The van der Waals surface area contributed by atoms with E-state index in [1.54, 1.807) is 10.7 Å². The van der Waals surface area contributed by atoms with Crippen LogP contribution in [-0.2, 0) is 0 Å². The molecule has 0 aliphatic rings. The fraction of sp³-hybridized carbons (Fsp3) is 0.462. The first kappa shape index (κ1) is 11.1. The fourth-order valence-electron chi connectivity index (χ4n) is 1.95. The SMILES string of the molecule is CCCCCC(O)c1cnn2ccccc12. The fourth-order valence-corrected chi connectivity index (χ4v) is 1.95. The minimum atomic E-state index is -0.383. The molecule has 1 N–H and O–H groups in total. The van der Waals surface area contributed by atoms with E-state index < -0.39 is 0 Å². The van der Waals surface area contributed by atoms with Gasteiger partial charge in [-0.2, -0.15) is 5.10 Å². The molecule has 0 saturated carbocycles. The molecule has 2 aromatic heterocycles. The zero-order chi connectivity index (χ0) is 11.4. The molecule has 0 aliphatic carbocycles. The van der Waals surface area contributed by atoms with Crippen molar-refractivity contribution in [3.8, 4) is 0 Å². The van der Waals surface area contributed by atoms with Crippen LogP contribution in [0.4, 0.5) is 0 Å². The number of nitrogens with zero attached hydrogens (tertiary/aromatic N) is 2. The van der Waals surface area contributed by atoms with Crippen molar-refractivity contribution in [1.82, 2.24) is 9.61 Å². The molecular weight excluding hydrogens is 200 g/mol. The van der Waals surface area contributed by atoms with Crippen molar-refractivity contribution in [3.05, 3.63) is 36.2 Å². The monoisotopic (exact) mass is 218 g/mol. The van der Waals surface area contributed by atoms with Crippen molar-refractivity contribution in [2.45, 2.75) is 38.7 Å². The Balaban J connectivity index is 2.13. The Labute approximate surface area is 95.7 Å². The minimum Gasteiger partial charge on any atom is -0.388 e. The second-order valence-corrected chi connectivity index (χ2v) is 4.14. The lowest BCUT2D eigenvalue weighted by Crippen LogP contribution is -1.96. The summed E-state index contributed by atoms with van der Waals surface area (Å²) < 4.78 is 1.80. The Bertz CT molecular complexity index is 450. The van der Waals surface area contributed by atoms with Crippen LogP contribution >= 0.6 is 0 Å². The number of hydrogen-bond acceptors (Lipinski definition) is 2. The second-order valence-electron chi connectivity index (χ2n) is 4.14. The molecule has 2 rings (SSSR count). The van der Waals surface area contributed by atoms with Crippen LogP contribution < -0.4 is 0 Å². The second kappa shape index (κ2) is 5.12. The predicted molar refractivity (Wildman–Crippen MR) is 64.3 cm³/mol. The summed E-state index contributed by atoms with van der Waals surface area (Å²) in [4.78, 5) is 0. The van der Waals surface area contributed by atoms with Gasteiger partial charge >= 0.3 is 0 Å². The molecule has 0 aliphatic heterocycles. The van der Waals surface area contributed by atoms with Crippen molar-refractivity contribution in [2.75, 3.05) is 0 Å². The average Bonchev–Trinajstić information content (AvgIpc) is 2.73. The van der Waals surface area contributed by atoms with Gasteiger partial charge in [0.05, 0.1) is 17.8 Å². The lowest BCUT2D eigenvalue weighted by atomic mass is 10.0. The molecule has 2 aromatic rings. The first-order valence-electron chi connectivity index (χ1n) is 5.93. The first-order chi connectivity index (χ1) is 7.83. The molecule has 0 radical (unpaired) electrons. The van der Waals surface area contributed by atoms with Crippen LogP contribution in [0.1, 0.15) is 44.3 Å². The zero-order valence-corrected chi connectivity index (χ0v) is 9.63. The van der Waals surface area contributed by atoms with Crippen LogP contribution in [0.5, 0.6) is 0 Å². The Kier molecular flexibility index (Phi) is 3.57. The summed E-state index contributed by atoms with van der Waals surface area (Å²) in [6, 6.07) is 5.90. The van der Waals surface area contributed by atoms with Crippen LogP contribution in [0.25, 0.3) is 5.52 Å². The summed E-state index contributed by atoms with van der Waals surface area (Å²) in [7, 11) is 0. The molecule has 1 unspecified atom stereocenters. The van der Waals surface area contributed by atoms with Gasteiger partial charge in [-0.25, -0.2) is 4.52 Å². The van der Waals surface area contributed by atoms with E-state index in [0.717, 1.165) is 23.9 Å². The van der Waals surface area contributed by atoms with E-state index >= 15 is 0 Å². The third-order valence-electron chi connectivity index (χ3n) is 2.90. The number of aromatic nitrogens is 2. The van der Waals surface area contributed by atoms with Gasteiger partial charge in [-0.3, -0.25) is 0 Å². The minimum absolute atomic E-state index is 0.383. The first-order valence-corrected chi connectivity index (χ1v) is 5.93. The van der Waals surface area contributed by atoms with E-state index in [-0.39, 0.29) is 6.10 Å². The lowest BCUT2D eigenvalue weighted by Gasteiger charge is -2.08. The molecule has 3 heteroatoms. The average molecular weight is 218 g/mol. The Morgan fingerprint density at radius 3 is 3.06 bits per heavy atom. The van der Waals surface area contributed by atoms with Crippen LogP contribution in [-0.4, -0.2) is 14.7 Å². The molecule has 1 atom stereocenters. The molecule has 2 heterocycles. The van der Waals surface area contributed by atoms with E-state index in [2.05, 4.69) is 12.0 Å². The van der Waals surface area contributed by atoms with Gasteiger partial charge in [-0.15, -0.1) is 0 Å². The van der Waals surface area contributed by atoms with Crippen molar-refractivity contribution >= 4 is 5.52 Å². The summed E-state index contributed by atoms with van der Waals surface area (Å²) >= 11 is 0. The Morgan fingerprint density at radius 2 is 2.25 bits per heavy atom. The topological polar surface area (TPSA) is 37.5 Å². The van der Waals surface area contributed by atoms with Crippen LogP contribution in [0.15, 0.2) is 30.6 Å². The van der Waals surface area contributed by atoms with Gasteiger partial charge in [0.1, 0.15) is 0 Å². The smallest absolute Gasteiger partial charge is 0.0826 e. The number of fused-ring (bicyclic) bond motifs is 1. The summed E-state index contributed by atoms with van der Waals surface area (Å²) in [5.41, 5.74) is 1.95. The lowest BCUT2D eigenvalue weighted by molar-refractivity contribution is 0.165. The van der Waals surface area contributed by atoms with Crippen molar-refractivity contribution < 1.29 is 5.11 Å². The number of rotatable bonds is 5. The number of hydrogen-bond donors (Lipinski definition) is 1. The Hall–Kier alpha value is -1.35. The molecule has 0 aromatic carbocycles. The molecule has 0 fully saturated rings. The highest BCUT2D eigenvalue weighted by molar-refractivity contribution is 5.54. The van der Waals surface area contributed by atoms with E-state index in [0.29, 0.717) is 0 Å². The number of aliphatic hydroxyl groups excluding tert-OH is 1. The van der Waals surface area contributed by atoms with E-state index in [4.69, 9.17) is 0 Å². The highest BCUT2D eigenvalue weighted by Crippen LogP contribution is 2.23. The molecule has 0 amide bonds. The molecule has 86 valence electrons. The summed E-state index contributed by atoms with van der Waals surface area (Å²) in [5, 5.41) is 14.3. The van der Waals surface area contributed by atoms with Gasteiger partial charge in [0, 0.05) is 11.8 Å². The normalized spacial score (nSPS) is 13.1. The quantitative estimate of drug-likeness (QED) is 0.783. The van der Waals surface area contributed by atoms with Gasteiger partial charge in [-0.1, -0.05) is 32.3 Å². The maximum absolute atomic E-state index is 10.1. The molecular formula is C13H18N2O. The molecule has 0 bridgehead atoms. The number of pyridine rings is 1. The predicted octanol–water partition coefficient (Wildman–Crippen LogP) is 2.95. The maximum atomic E-state index is 10.1. The maximum Gasteiger partial charge on any atom is 0.0826 e.